The van der Waals surface area contributed by atoms with Gasteiger partial charge in [0, 0.05) is 17.1 Å². The van der Waals surface area contributed by atoms with E-state index in [2.05, 4.69) is 23.3 Å². The summed E-state index contributed by atoms with van der Waals surface area (Å²) in [6, 6.07) is 16.0. The summed E-state index contributed by atoms with van der Waals surface area (Å²) in [4.78, 5) is 24.1. The van der Waals surface area contributed by atoms with Crippen molar-refractivity contribution in [1.29, 1.82) is 5.26 Å². The van der Waals surface area contributed by atoms with Crippen molar-refractivity contribution in [3.05, 3.63) is 59.7 Å². The molecular weight excluding hydrogens is 310 g/mol. The second-order valence-corrected chi connectivity index (χ2v) is 5.27. The van der Waals surface area contributed by atoms with Crippen molar-refractivity contribution in [2.24, 2.45) is 0 Å². The maximum atomic E-state index is 12.2. The summed E-state index contributed by atoms with van der Waals surface area (Å²) >= 11 is 4.27. The summed E-state index contributed by atoms with van der Waals surface area (Å²) in [7, 11) is 0. The Balaban J connectivity index is 2.03. The van der Waals surface area contributed by atoms with E-state index in [0.717, 1.165) is 5.56 Å². The number of thiol groups is 1. The fourth-order valence-electron chi connectivity index (χ4n) is 1.96. The van der Waals surface area contributed by atoms with Crippen LogP contribution in [0, 0.1) is 11.3 Å². The summed E-state index contributed by atoms with van der Waals surface area (Å²) in [6.07, 6.45) is -0.171. The molecule has 0 aliphatic rings. The van der Waals surface area contributed by atoms with Gasteiger partial charge < -0.3 is 10.6 Å². The number of anilines is 1. The molecular formula is C17H15N3O2S. The molecule has 2 rings (SSSR count). The van der Waals surface area contributed by atoms with Crippen molar-refractivity contribution < 1.29 is 9.59 Å². The zero-order chi connectivity index (χ0) is 16.7. The number of benzene rings is 2. The molecule has 0 spiro atoms. The minimum atomic E-state index is -0.328. The average Bonchev–Trinajstić information content (AvgIpc) is 2.54. The predicted octanol–water partition coefficient (Wildman–Crippen LogP) is 2.76. The number of amides is 2. The van der Waals surface area contributed by atoms with Gasteiger partial charge in [-0.3, -0.25) is 9.59 Å². The monoisotopic (exact) mass is 325 g/mol. The third kappa shape index (κ3) is 4.87. The minimum absolute atomic E-state index is 0.171. The molecule has 0 fully saturated rings. The molecule has 6 heteroatoms. The van der Waals surface area contributed by atoms with Crippen LogP contribution in [0.1, 0.15) is 22.3 Å². The average molecular weight is 325 g/mol. The van der Waals surface area contributed by atoms with E-state index >= 15 is 0 Å². The first-order chi connectivity index (χ1) is 11.1. The van der Waals surface area contributed by atoms with Gasteiger partial charge in [0.15, 0.2) is 0 Å². The summed E-state index contributed by atoms with van der Waals surface area (Å²) in [5, 5.41) is 13.9. The van der Waals surface area contributed by atoms with Gasteiger partial charge >= 0.3 is 0 Å². The van der Waals surface area contributed by atoms with Crippen LogP contribution in [0.5, 0.6) is 0 Å². The van der Waals surface area contributed by atoms with Crippen LogP contribution in [0.25, 0.3) is 0 Å². The topological polar surface area (TPSA) is 82.0 Å². The Morgan fingerprint density at radius 1 is 1.13 bits per heavy atom. The lowest BCUT2D eigenvalue weighted by Gasteiger charge is -2.09. The van der Waals surface area contributed by atoms with Gasteiger partial charge in [-0.1, -0.05) is 24.3 Å². The van der Waals surface area contributed by atoms with Crippen LogP contribution in [0.3, 0.4) is 0 Å². The van der Waals surface area contributed by atoms with Crippen molar-refractivity contribution in [2.75, 3.05) is 5.32 Å². The first-order valence-electron chi connectivity index (χ1n) is 6.92. The molecule has 116 valence electrons. The van der Waals surface area contributed by atoms with Gasteiger partial charge in [0.25, 0.3) is 5.91 Å². The van der Waals surface area contributed by atoms with Gasteiger partial charge in [0.1, 0.15) is 6.42 Å². The molecule has 0 heterocycles. The summed E-state index contributed by atoms with van der Waals surface area (Å²) in [6.45, 7) is 0.299. The molecule has 0 unspecified atom stereocenters. The Labute approximate surface area is 139 Å². The van der Waals surface area contributed by atoms with E-state index in [1.165, 1.54) is 0 Å². The van der Waals surface area contributed by atoms with E-state index in [-0.39, 0.29) is 18.2 Å². The van der Waals surface area contributed by atoms with Gasteiger partial charge in [-0.25, -0.2) is 0 Å². The fraction of sp³-hybridized carbons (Fsp3) is 0.118. The van der Waals surface area contributed by atoms with Crippen LogP contribution in [0.4, 0.5) is 5.69 Å². The SMILES string of the molecule is N#CCC(=O)NCc1cccc(NC(=O)c2ccccc2S)c1. The maximum absolute atomic E-state index is 12.2. The molecule has 0 aliphatic carbocycles. The van der Waals surface area contributed by atoms with Crippen LogP contribution in [-0.2, 0) is 11.3 Å². The normalized spacial score (nSPS) is 9.74. The van der Waals surface area contributed by atoms with E-state index in [0.29, 0.717) is 22.7 Å². The van der Waals surface area contributed by atoms with Crippen molar-refractivity contribution in [1.82, 2.24) is 5.32 Å². The van der Waals surface area contributed by atoms with Crippen LogP contribution in [0.2, 0.25) is 0 Å². The maximum Gasteiger partial charge on any atom is 0.256 e. The van der Waals surface area contributed by atoms with Gasteiger partial charge in [0.2, 0.25) is 5.91 Å². The second-order valence-electron chi connectivity index (χ2n) is 4.78. The van der Waals surface area contributed by atoms with Crippen molar-refractivity contribution in [3.8, 4) is 6.07 Å². The molecule has 0 aliphatic heterocycles. The third-order valence-corrected chi connectivity index (χ3v) is 3.45. The first-order valence-corrected chi connectivity index (χ1v) is 7.37. The zero-order valence-electron chi connectivity index (χ0n) is 12.2. The molecule has 2 amide bonds. The van der Waals surface area contributed by atoms with Gasteiger partial charge in [-0.2, -0.15) is 5.26 Å². The quantitative estimate of drug-likeness (QED) is 0.739. The molecule has 0 saturated heterocycles. The number of hydrogen-bond acceptors (Lipinski definition) is 4. The molecule has 2 aromatic carbocycles. The Hall–Kier alpha value is -2.78. The van der Waals surface area contributed by atoms with Crippen LogP contribution < -0.4 is 10.6 Å². The highest BCUT2D eigenvalue weighted by molar-refractivity contribution is 7.80. The molecule has 2 N–H and O–H groups in total. The highest BCUT2D eigenvalue weighted by Crippen LogP contribution is 2.16. The number of hydrogen-bond donors (Lipinski definition) is 3. The van der Waals surface area contributed by atoms with Crippen LogP contribution >= 0.6 is 12.6 Å². The second kappa shape index (κ2) is 8.01. The molecule has 0 radical (unpaired) electrons. The van der Waals surface area contributed by atoms with E-state index in [9.17, 15) is 9.59 Å². The number of nitriles is 1. The van der Waals surface area contributed by atoms with Crippen LogP contribution in [0.15, 0.2) is 53.4 Å². The zero-order valence-corrected chi connectivity index (χ0v) is 13.1. The standard InChI is InChI=1S/C17H15N3O2S/c18-9-8-16(21)19-11-12-4-3-5-13(10-12)20-17(22)14-6-1-2-7-15(14)23/h1-7,10,23H,8,11H2,(H,19,21)(H,20,22). The number of carbonyl (C=O) groups excluding carboxylic acids is 2. The Kier molecular flexibility index (Phi) is 5.78. The largest absolute Gasteiger partial charge is 0.351 e. The van der Waals surface area contributed by atoms with Crippen molar-refractivity contribution in [2.45, 2.75) is 17.9 Å². The molecule has 0 atom stereocenters. The van der Waals surface area contributed by atoms with Gasteiger partial charge in [-0.05, 0) is 29.8 Å². The molecule has 2 aromatic rings. The van der Waals surface area contributed by atoms with E-state index in [1.807, 2.05) is 12.1 Å². The van der Waals surface area contributed by atoms with Crippen molar-refractivity contribution >= 4 is 30.1 Å². The van der Waals surface area contributed by atoms with E-state index in [4.69, 9.17) is 5.26 Å². The molecule has 5 nitrogen and oxygen atoms in total. The Bertz CT molecular complexity index is 768. The highest BCUT2D eigenvalue weighted by Gasteiger charge is 2.09. The number of rotatable bonds is 5. The van der Waals surface area contributed by atoms with E-state index < -0.39 is 0 Å². The highest BCUT2D eigenvalue weighted by atomic mass is 32.1. The number of carbonyl (C=O) groups is 2. The Morgan fingerprint density at radius 2 is 1.91 bits per heavy atom. The lowest BCUT2D eigenvalue weighted by atomic mass is 10.1. The smallest absolute Gasteiger partial charge is 0.256 e. The van der Waals surface area contributed by atoms with E-state index in [1.54, 1.807) is 42.5 Å². The lowest BCUT2D eigenvalue weighted by molar-refractivity contribution is -0.120. The molecule has 0 aromatic heterocycles. The lowest BCUT2D eigenvalue weighted by Crippen LogP contribution is -2.22. The van der Waals surface area contributed by atoms with Crippen molar-refractivity contribution in [3.63, 3.8) is 0 Å². The molecule has 23 heavy (non-hydrogen) atoms. The first kappa shape index (κ1) is 16.6. The number of nitrogens with zero attached hydrogens (tertiary/aromatic N) is 1. The molecule has 0 bridgehead atoms. The fourth-order valence-corrected chi connectivity index (χ4v) is 2.22. The summed E-state index contributed by atoms with van der Waals surface area (Å²) < 4.78 is 0. The minimum Gasteiger partial charge on any atom is -0.351 e. The molecule has 0 saturated carbocycles. The number of nitrogens with one attached hydrogen (secondary N) is 2. The summed E-state index contributed by atoms with van der Waals surface area (Å²) in [5.41, 5.74) is 1.94. The van der Waals surface area contributed by atoms with Gasteiger partial charge in [-0.15, -0.1) is 12.6 Å². The summed E-state index contributed by atoms with van der Waals surface area (Å²) in [5.74, 6) is -0.577. The van der Waals surface area contributed by atoms with Crippen LogP contribution in [-0.4, -0.2) is 11.8 Å². The Morgan fingerprint density at radius 3 is 2.65 bits per heavy atom. The third-order valence-electron chi connectivity index (χ3n) is 3.06. The van der Waals surface area contributed by atoms with Gasteiger partial charge in [0.05, 0.1) is 11.6 Å². The predicted molar refractivity (Wildman–Crippen MR) is 90.2 cm³/mol.